The van der Waals surface area contributed by atoms with Gasteiger partial charge in [-0.1, -0.05) is 23.7 Å². The van der Waals surface area contributed by atoms with Gasteiger partial charge in [0.15, 0.2) is 5.79 Å². The van der Waals surface area contributed by atoms with E-state index in [1.807, 2.05) is 26.0 Å². The molecular weight excluding hydrogens is 274 g/mol. The van der Waals surface area contributed by atoms with E-state index in [-0.39, 0.29) is 6.10 Å². The van der Waals surface area contributed by atoms with Crippen LogP contribution in [0.2, 0.25) is 5.02 Å². The second kappa shape index (κ2) is 5.64. The number of hydrogen-bond acceptors (Lipinski definition) is 3. The van der Waals surface area contributed by atoms with Crippen molar-refractivity contribution < 1.29 is 9.47 Å². The fourth-order valence-corrected chi connectivity index (χ4v) is 3.08. The first kappa shape index (κ1) is 14.3. The van der Waals surface area contributed by atoms with Crippen LogP contribution in [-0.4, -0.2) is 31.1 Å². The molecule has 1 saturated carbocycles. The van der Waals surface area contributed by atoms with Crippen LogP contribution < -0.4 is 5.32 Å². The van der Waals surface area contributed by atoms with Gasteiger partial charge in [-0.25, -0.2) is 0 Å². The number of hydrogen-bond donors (Lipinski definition) is 1. The largest absolute Gasteiger partial charge is 0.348 e. The van der Waals surface area contributed by atoms with Gasteiger partial charge in [0, 0.05) is 17.6 Å². The first-order chi connectivity index (χ1) is 9.52. The van der Waals surface area contributed by atoms with Crippen LogP contribution in [0.1, 0.15) is 38.2 Å². The molecule has 0 amide bonds. The maximum atomic E-state index is 5.91. The molecule has 0 aromatic heterocycles. The van der Waals surface area contributed by atoms with Crippen molar-refractivity contribution in [1.29, 1.82) is 0 Å². The molecular formula is C16H22ClNO2. The van der Waals surface area contributed by atoms with E-state index in [1.165, 1.54) is 18.4 Å². The van der Waals surface area contributed by atoms with E-state index in [2.05, 4.69) is 17.4 Å². The summed E-state index contributed by atoms with van der Waals surface area (Å²) in [6.07, 6.45) is 2.57. The molecule has 1 N–H and O–H groups in total. The summed E-state index contributed by atoms with van der Waals surface area (Å²) in [4.78, 5) is 0. The Morgan fingerprint density at radius 1 is 1.25 bits per heavy atom. The number of benzene rings is 1. The normalized spacial score (nSPS) is 32.0. The van der Waals surface area contributed by atoms with Crippen molar-refractivity contribution >= 4 is 11.6 Å². The van der Waals surface area contributed by atoms with E-state index in [0.29, 0.717) is 18.6 Å². The molecule has 2 fully saturated rings. The van der Waals surface area contributed by atoms with Gasteiger partial charge in [0.05, 0.1) is 12.7 Å². The molecule has 1 heterocycles. The molecule has 0 spiro atoms. The first-order valence-electron chi connectivity index (χ1n) is 7.32. The number of nitrogens with one attached hydrogen (secondary N) is 1. The molecule has 3 rings (SSSR count). The predicted molar refractivity (Wildman–Crippen MR) is 80.1 cm³/mol. The van der Waals surface area contributed by atoms with Crippen LogP contribution >= 0.6 is 11.6 Å². The summed E-state index contributed by atoms with van der Waals surface area (Å²) in [6.45, 7) is 5.49. The number of rotatable bonds is 4. The SMILES string of the molecule is CC1(C)OCC(CNC2CC(c3ccc(Cl)cc3)C2)O1. The quantitative estimate of drug-likeness (QED) is 0.924. The molecule has 1 unspecified atom stereocenters. The Kier molecular flexibility index (Phi) is 4.04. The minimum atomic E-state index is -0.419. The van der Waals surface area contributed by atoms with Crippen molar-refractivity contribution in [3.63, 3.8) is 0 Å². The second-order valence-corrected chi connectivity index (χ2v) is 6.71. The predicted octanol–water partition coefficient (Wildman–Crippen LogP) is 3.33. The third-order valence-corrected chi connectivity index (χ3v) is 4.43. The van der Waals surface area contributed by atoms with Crippen LogP contribution in [0.15, 0.2) is 24.3 Å². The molecule has 3 nitrogen and oxygen atoms in total. The highest BCUT2D eigenvalue weighted by molar-refractivity contribution is 6.30. The zero-order chi connectivity index (χ0) is 14.2. The topological polar surface area (TPSA) is 30.5 Å². The molecule has 1 aliphatic heterocycles. The van der Waals surface area contributed by atoms with Gasteiger partial charge in [-0.15, -0.1) is 0 Å². The lowest BCUT2D eigenvalue weighted by molar-refractivity contribution is -0.138. The molecule has 2 aliphatic rings. The Balaban J connectivity index is 1.39. The van der Waals surface area contributed by atoms with Crippen molar-refractivity contribution in [2.75, 3.05) is 13.2 Å². The van der Waals surface area contributed by atoms with Crippen molar-refractivity contribution in [3.05, 3.63) is 34.9 Å². The molecule has 1 aromatic carbocycles. The van der Waals surface area contributed by atoms with Gasteiger partial charge in [-0.05, 0) is 50.3 Å². The average Bonchev–Trinajstić information content (AvgIpc) is 2.69. The Bertz CT molecular complexity index is 454. The average molecular weight is 296 g/mol. The monoisotopic (exact) mass is 295 g/mol. The zero-order valence-electron chi connectivity index (χ0n) is 12.1. The zero-order valence-corrected chi connectivity index (χ0v) is 12.8. The molecule has 1 aromatic rings. The third-order valence-electron chi connectivity index (χ3n) is 4.18. The Labute approximate surface area is 125 Å². The van der Waals surface area contributed by atoms with E-state index in [1.54, 1.807) is 0 Å². The van der Waals surface area contributed by atoms with E-state index in [0.717, 1.165) is 11.6 Å². The van der Waals surface area contributed by atoms with Crippen molar-refractivity contribution in [3.8, 4) is 0 Å². The van der Waals surface area contributed by atoms with Crippen LogP contribution in [0, 0.1) is 0 Å². The highest BCUT2D eigenvalue weighted by Gasteiger charge is 2.34. The minimum Gasteiger partial charge on any atom is -0.348 e. The van der Waals surface area contributed by atoms with Crippen LogP contribution in [0.25, 0.3) is 0 Å². The highest BCUT2D eigenvalue weighted by atomic mass is 35.5. The van der Waals surface area contributed by atoms with Crippen molar-refractivity contribution in [1.82, 2.24) is 5.32 Å². The summed E-state index contributed by atoms with van der Waals surface area (Å²) in [5.74, 6) is 0.250. The smallest absolute Gasteiger partial charge is 0.163 e. The molecule has 20 heavy (non-hydrogen) atoms. The van der Waals surface area contributed by atoms with Crippen LogP contribution in [0.3, 0.4) is 0 Å². The number of ether oxygens (including phenoxy) is 2. The maximum absolute atomic E-state index is 5.91. The van der Waals surface area contributed by atoms with E-state index in [9.17, 15) is 0 Å². The van der Waals surface area contributed by atoms with Gasteiger partial charge in [0.25, 0.3) is 0 Å². The van der Waals surface area contributed by atoms with E-state index in [4.69, 9.17) is 21.1 Å². The standard InChI is InChI=1S/C16H22ClNO2/c1-16(2)19-10-15(20-16)9-18-14-7-12(8-14)11-3-5-13(17)6-4-11/h3-6,12,14-15,18H,7-10H2,1-2H3. The van der Waals surface area contributed by atoms with Gasteiger partial charge in [0.1, 0.15) is 0 Å². The van der Waals surface area contributed by atoms with E-state index >= 15 is 0 Å². The summed E-state index contributed by atoms with van der Waals surface area (Å²) in [6, 6.07) is 8.83. The Hall–Kier alpha value is -0.610. The van der Waals surface area contributed by atoms with Gasteiger partial charge in [-0.2, -0.15) is 0 Å². The van der Waals surface area contributed by atoms with E-state index < -0.39 is 5.79 Å². The number of halogens is 1. The summed E-state index contributed by atoms with van der Waals surface area (Å²) >= 11 is 5.91. The fraction of sp³-hybridized carbons (Fsp3) is 0.625. The van der Waals surface area contributed by atoms with Gasteiger partial charge < -0.3 is 14.8 Å². The van der Waals surface area contributed by atoms with Crippen LogP contribution in [0.4, 0.5) is 0 Å². The lowest BCUT2D eigenvalue weighted by atomic mass is 9.76. The lowest BCUT2D eigenvalue weighted by Crippen LogP contribution is -2.44. The molecule has 4 heteroatoms. The van der Waals surface area contributed by atoms with Gasteiger partial charge in [-0.3, -0.25) is 0 Å². The lowest BCUT2D eigenvalue weighted by Gasteiger charge is -2.37. The fourth-order valence-electron chi connectivity index (χ4n) is 2.95. The Morgan fingerprint density at radius 2 is 1.95 bits per heavy atom. The third kappa shape index (κ3) is 3.34. The maximum Gasteiger partial charge on any atom is 0.163 e. The summed E-state index contributed by atoms with van der Waals surface area (Å²) < 4.78 is 11.4. The minimum absolute atomic E-state index is 0.180. The summed E-state index contributed by atoms with van der Waals surface area (Å²) in [5, 5.41) is 4.39. The van der Waals surface area contributed by atoms with Gasteiger partial charge in [0.2, 0.25) is 0 Å². The van der Waals surface area contributed by atoms with Gasteiger partial charge >= 0.3 is 0 Å². The molecule has 1 aliphatic carbocycles. The van der Waals surface area contributed by atoms with Crippen LogP contribution in [-0.2, 0) is 9.47 Å². The second-order valence-electron chi connectivity index (χ2n) is 6.28. The Morgan fingerprint density at radius 3 is 2.55 bits per heavy atom. The molecule has 1 atom stereocenters. The summed E-state index contributed by atoms with van der Waals surface area (Å²) in [7, 11) is 0. The molecule has 0 radical (unpaired) electrons. The molecule has 1 saturated heterocycles. The first-order valence-corrected chi connectivity index (χ1v) is 7.70. The highest BCUT2D eigenvalue weighted by Crippen LogP contribution is 2.37. The van der Waals surface area contributed by atoms with Crippen LogP contribution in [0.5, 0.6) is 0 Å². The molecule has 0 bridgehead atoms. The summed E-state index contributed by atoms with van der Waals surface area (Å²) in [5.41, 5.74) is 1.40. The van der Waals surface area contributed by atoms with Crippen molar-refractivity contribution in [2.45, 2.75) is 50.5 Å². The molecule has 110 valence electrons. The van der Waals surface area contributed by atoms with Crippen molar-refractivity contribution in [2.24, 2.45) is 0 Å².